The first-order valence-electron chi connectivity index (χ1n) is 5.89. The second-order valence-corrected chi connectivity index (χ2v) is 4.24. The zero-order valence-corrected chi connectivity index (χ0v) is 10.1. The number of aromatic hydroxyl groups is 1. The SMILES string of the molecule is CCCc1ccc(-c2cc(F)c(O)c(F)c2)cc1. The van der Waals surface area contributed by atoms with Gasteiger partial charge in [0, 0.05) is 0 Å². The lowest BCUT2D eigenvalue weighted by Gasteiger charge is -2.06. The lowest BCUT2D eigenvalue weighted by Crippen LogP contribution is -1.87. The molecule has 0 aliphatic carbocycles. The second kappa shape index (κ2) is 5.17. The monoisotopic (exact) mass is 248 g/mol. The standard InChI is InChI=1S/C15H14F2O/c1-2-3-10-4-6-11(7-5-10)12-8-13(16)15(18)14(17)9-12/h4-9,18H,2-3H2,1H3. The predicted octanol–water partition coefficient (Wildman–Crippen LogP) is 4.29. The lowest BCUT2D eigenvalue weighted by molar-refractivity contribution is 0.396. The number of hydrogen-bond donors (Lipinski definition) is 1. The first-order chi connectivity index (χ1) is 8.61. The Morgan fingerprint density at radius 2 is 1.50 bits per heavy atom. The summed E-state index contributed by atoms with van der Waals surface area (Å²) in [5.41, 5.74) is 2.35. The highest BCUT2D eigenvalue weighted by atomic mass is 19.1. The van der Waals surface area contributed by atoms with E-state index in [1.807, 2.05) is 24.3 Å². The van der Waals surface area contributed by atoms with Crippen molar-refractivity contribution in [2.24, 2.45) is 0 Å². The number of hydrogen-bond acceptors (Lipinski definition) is 1. The van der Waals surface area contributed by atoms with Crippen LogP contribution in [0.15, 0.2) is 36.4 Å². The number of benzene rings is 2. The summed E-state index contributed by atoms with van der Waals surface area (Å²) in [6, 6.07) is 9.82. The Morgan fingerprint density at radius 1 is 0.944 bits per heavy atom. The highest BCUT2D eigenvalue weighted by Crippen LogP contribution is 2.28. The molecule has 2 rings (SSSR count). The molecule has 0 atom stereocenters. The van der Waals surface area contributed by atoms with Crippen molar-refractivity contribution in [3.05, 3.63) is 53.6 Å². The molecule has 2 aromatic carbocycles. The largest absolute Gasteiger partial charge is 0.503 e. The Bertz CT molecular complexity index is 524. The van der Waals surface area contributed by atoms with E-state index in [4.69, 9.17) is 5.11 Å². The Labute approximate surface area is 105 Å². The van der Waals surface area contributed by atoms with E-state index in [-0.39, 0.29) is 0 Å². The molecule has 0 fully saturated rings. The van der Waals surface area contributed by atoms with Crippen LogP contribution >= 0.6 is 0 Å². The van der Waals surface area contributed by atoms with Crippen LogP contribution in [0.25, 0.3) is 11.1 Å². The summed E-state index contributed by atoms with van der Waals surface area (Å²) in [5, 5.41) is 9.04. The molecular formula is C15H14F2O. The fourth-order valence-corrected chi connectivity index (χ4v) is 1.88. The van der Waals surface area contributed by atoms with Crippen LogP contribution in [0.1, 0.15) is 18.9 Å². The van der Waals surface area contributed by atoms with Gasteiger partial charge >= 0.3 is 0 Å². The summed E-state index contributed by atoms with van der Waals surface area (Å²) in [5.74, 6) is -2.81. The topological polar surface area (TPSA) is 20.2 Å². The third-order valence-electron chi connectivity index (χ3n) is 2.84. The molecular weight excluding hydrogens is 234 g/mol. The molecule has 2 aromatic rings. The van der Waals surface area contributed by atoms with Crippen molar-refractivity contribution in [2.45, 2.75) is 19.8 Å². The van der Waals surface area contributed by atoms with Crippen molar-refractivity contribution in [3.63, 3.8) is 0 Å². The maximum absolute atomic E-state index is 13.2. The van der Waals surface area contributed by atoms with E-state index < -0.39 is 17.4 Å². The molecule has 0 heterocycles. The summed E-state index contributed by atoms with van der Waals surface area (Å²) in [4.78, 5) is 0. The highest BCUT2D eigenvalue weighted by molar-refractivity contribution is 5.64. The third-order valence-corrected chi connectivity index (χ3v) is 2.84. The molecule has 0 aromatic heterocycles. The minimum absolute atomic E-state index is 0.422. The molecule has 0 radical (unpaired) electrons. The molecule has 1 N–H and O–H groups in total. The average Bonchev–Trinajstić information content (AvgIpc) is 2.37. The number of halogens is 2. The van der Waals surface area contributed by atoms with Gasteiger partial charge < -0.3 is 5.11 Å². The van der Waals surface area contributed by atoms with E-state index in [2.05, 4.69) is 6.92 Å². The quantitative estimate of drug-likeness (QED) is 0.859. The normalized spacial score (nSPS) is 10.6. The minimum atomic E-state index is -0.942. The van der Waals surface area contributed by atoms with E-state index >= 15 is 0 Å². The second-order valence-electron chi connectivity index (χ2n) is 4.24. The molecule has 0 aliphatic heterocycles. The lowest BCUT2D eigenvalue weighted by atomic mass is 10.0. The fraction of sp³-hybridized carbons (Fsp3) is 0.200. The van der Waals surface area contributed by atoms with Crippen LogP contribution in [-0.2, 0) is 6.42 Å². The summed E-state index contributed by atoms with van der Waals surface area (Å²) >= 11 is 0. The molecule has 0 amide bonds. The maximum atomic E-state index is 13.2. The summed E-state index contributed by atoms with van der Waals surface area (Å²) in [6.45, 7) is 2.10. The van der Waals surface area contributed by atoms with E-state index in [1.54, 1.807) is 0 Å². The zero-order valence-electron chi connectivity index (χ0n) is 10.1. The average molecular weight is 248 g/mol. The van der Waals surface area contributed by atoms with Crippen molar-refractivity contribution >= 4 is 0 Å². The van der Waals surface area contributed by atoms with Gasteiger partial charge in [-0.3, -0.25) is 0 Å². The van der Waals surface area contributed by atoms with Gasteiger partial charge in [0.25, 0.3) is 0 Å². The molecule has 0 saturated heterocycles. The fourth-order valence-electron chi connectivity index (χ4n) is 1.88. The van der Waals surface area contributed by atoms with Crippen molar-refractivity contribution in [1.29, 1.82) is 0 Å². The van der Waals surface area contributed by atoms with Crippen molar-refractivity contribution in [2.75, 3.05) is 0 Å². The van der Waals surface area contributed by atoms with Gasteiger partial charge in [-0.1, -0.05) is 37.6 Å². The van der Waals surface area contributed by atoms with Gasteiger partial charge in [0.2, 0.25) is 0 Å². The van der Waals surface area contributed by atoms with Crippen LogP contribution in [0.5, 0.6) is 5.75 Å². The first kappa shape index (κ1) is 12.6. The van der Waals surface area contributed by atoms with Crippen LogP contribution in [0.2, 0.25) is 0 Å². The Morgan fingerprint density at radius 3 is 2.00 bits per heavy atom. The molecule has 1 nitrogen and oxygen atoms in total. The molecule has 18 heavy (non-hydrogen) atoms. The first-order valence-corrected chi connectivity index (χ1v) is 5.89. The van der Waals surface area contributed by atoms with Gasteiger partial charge in [0.05, 0.1) is 0 Å². The van der Waals surface area contributed by atoms with Crippen molar-refractivity contribution in [3.8, 4) is 16.9 Å². The zero-order chi connectivity index (χ0) is 13.1. The summed E-state index contributed by atoms with van der Waals surface area (Å²) in [7, 11) is 0. The molecule has 0 aliphatic rings. The van der Waals surface area contributed by atoms with E-state index in [0.29, 0.717) is 5.56 Å². The smallest absolute Gasteiger partial charge is 0.187 e. The minimum Gasteiger partial charge on any atom is -0.503 e. The van der Waals surface area contributed by atoms with Crippen molar-refractivity contribution < 1.29 is 13.9 Å². The molecule has 94 valence electrons. The van der Waals surface area contributed by atoms with Crippen LogP contribution in [0, 0.1) is 11.6 Å². The number of phenols is 1. The summed E-state index contributed by atoms with van der Waals surface area (Å²) in [6.07, 6.45) is 2.04. The molecule has 0 spiro atoms. The number of phenolic OH excluding ortho intramolecular Hbond substituents is 1. The van der Waals surface area contributed by atoms with Crippen LogP contribution in [0.4, 0.5) is 8.78 Å². The van der Waals surface area contributed by atoms with Crippen LogP contribution < -0.4 is 0 Å². The van der Waals surface area contributed by atoms with Gasteiger partial charge in [-0.25, -0.2) is 8.78 Å². The van der Waals surface area contributed by atoms with Crippen LogP contribution in [0.3, 0.4) is 0 Å². The predicted molar refractivity (Wildman–Crippen MR) is 67.5 cm³/mol. The van der Waals surface area contributed by atoms with Crippen molar-refractivity contribution in [1.82, 2.24) is 0 Å². The Kier molecular flexibility index (Phi) is 3.60. The number of aryl methyl sites for hydroxylation is 1. The maximum Gasteiger partial charge on any atom is 0.187 e. The highest BCUT2D eigenvalue weighted by Gasteiger charge is 2.10. The Balaban J connectivity index is 2.36. The van der Waals surface area contributed by atoms with Gasteiger partial charge in [-0.05, 0) is 35.2 Å². The number of rotatable bonds is 3. The summed E-state index contributed by atoms with van der Waals surface area (Å²) < 4.78 is 26.5. The van der Waals surface area contributed by atoms with Gasteiger partial charge in [0.15, 0.2) is 17.4 Å². The van der Waals surface area contributed by atoms with E-state index in [1.165, 1.54) is 5.56 Å². The van der Waals surface area contributed by atoms with E-state index in [0.717, 1.165) is 30.5 Å². The molecule has 0 bridgehead atoms. The molecule has 3 heteroatoms. The molecule has 0 unspecified atom stereocenters. The van der Waals surface area contributed by atoms with Gasteiger partial charge in [0.1, 0.15) is 0 Å². The third kappa shape index (κ3) is 2.50. The van der Waals surface area contributed by atoms with Gasteiger partial charge in [-0.2, -0.15) is 0 Å². The Hall–Kier alpha value is -1.90. The molecule has 0 saturated carbocycles. The van der Waals surface area contributed by atoms with Crippen LogP contribution in [-0.4, -0.2) is 5.11 Å². The van der Waals surface area contributed by atoms with E-state index in [9.17, 15) is 8.78 Å². The van der Waals surface area contributed by atoms with Gasteiger partial charge in [-0.15, -0.1) is 0 Å².